The van der Waals surface area contributed by atoms with Gasteiger partial charge in [0, 0.05) is 31.1 Å². The van der Waals surface area contributed by atoms with Crippen LogP contribution in [-0.2, 0) is 16.1 Å². The number of pyridine rings is 1. The van der Waals surface area contributed by atoms with Crippen molar-refractivity contribution in [1.82, 2.24) is 0 Å². The number of fused-ring (bicyclic) bond motifs is 7. The molecule has 0 amide bonds. The molecular formula is C39H60NO3+. The number of hydrogen-bond acceptors (Lipinski definition) is 3. The molecule has 1 aromatic rings. The van der Waals surface area contributed by atoms with Crippen LogP contribution in [0.2, 0.25) is 0 Å². The molecule has 4 heteroatoms. The van der Waals surface area contributed by atoms with E-state index in [0.29, 0.717) is 47.0 Å². The molecule has 5 saturated carbocycles. The standard InChI is InChI=1S/C39H60NO3/c1-25(2)28-12-18-39(24-41)20-19-37(8)29(34(28)39)10-11-31-36(7)16-14-32(35(5,6)30(36)13-17-38(31,37)9)43-33(42)23-40-21-15-26(3)22-27(40)4/h15,21-22,28-32,34,41H,1,10-14,16-20,23-24H2,2-9H3/q+1/t28-,29?,30?,31?,32?,34?,36-,37+,38+,39+/m0/s1. The SMILES string of the molecule is C=C(C)[C@@H]1CC[C@]2(CO)CC[C@]3(C)C(CCC4[C@@]5(C)CCC(OC(=O)C[n+]6ccc(C)cc6C)C(C)(C)C5CC[C@]43C)C12. The molecule has 0 radical (unpaired) electrons. The van der Waals surface area contributed by atoms with E-state index in [1.165, 1.54) is 62.5 Å². The highest BCUT2D eigenvalue weighted by atomic mass is 16.5. The van der Waals surface area contributed by atoms with Crippen molar-refractivity contribution in [2.45, 2.75) is 132 Å². The average molecular weight is 591 g/mol. The van der Waals surface area contributed by atoms with E-state index in [-0.39, 0.29) is 34.9 Å². The second kappa shape index (κ2) is 10.4. The Bertz CT molecular complexity index is 1290. The molecule has 1 aromatic heterocycles. The number of carbonyl (C=O) groups is 1. The molecule has 5 unspecified atom stereocenters. The van der Waals surface area contributed by atoms with Crippen molar-refractivity contribution in [2.24, 2.45) is 56.7 Å². The van der Waals surface area contributed by atoms with Gasteiger partial charge in [-0.05, 0) is 135 Å². The lowest BCUT2D eigenvalue weighted by atomic mass is 9.32. The summed E-state index contributed by atoms with van der Waals surface area (Å²) in [5.41, 5.74) is 4.55. The van der Waals surface area contributed by atoms with Gasteiger partial charge in [0.15, 0.2) is 11.9 Å². The van der Waals surface area contributed by atoms with Crippen molar-refractivity contribution in [3.63, 3.8) is 0 Å². The molecule has 1 N–H and O–H groups in total. The largest absolute Gasteiger partial charge is 0.457 e. The van der Waals surface area contributed by atoms with Crippen LogP contribution in [0, 0.1) is 70.5 Å². The van der Waals surface area contributed by atoms with E-state index in [2.05, 4.69) is 74.1 Å². The molecule has 5 aliphatic carbocycles. The highest BCUT2D eigenvalue weighted by molar-refractivity contribution is 5.68. The predicted molar refractivity (Wildman–Crippen MR) is 172 cm³/mol. The minimum atomic E-state index is -0.106. The number of allylic oxidation sites excluding steroid dienone is 1. The number of hydrogen-bond donors (Lipinski definition) is 1. The fourth-order valence-electron chi connectivity index (χ4n) is 13.0. The van der Waals surface area contributed by atoms with Crippen LogP contribution in [0.15, 0.2) is 30.5 Å². The molecule has 0 aliphatic heterocycles. The van der Waals surface area contributed by atoms with Gasteiger partial charge in [-0.25, -0.2) is 4.79 Å². The summed E-state index contributed by atoms with van der Waals surface area (Å²) in [4.78, 5) is 13.3. The molecule has 6 rings (SSSR count). The van der Waals surface area contributed by atoms with Crippen LogP contribution in [0.25, 0.3) is 0 Å². The maximum atomic E-state index is 13.3. The zero-order valence-electron chi connectivity index (χ0n) is 28.6. The summed E-state index contributed by atoms with van der Waals surface area (Å²) < 4.78 is 8.38. The van der Waals surface area contributed by atoms with E-state index in [4.69, 9.17) is 4.74 Å². The zero-order valence-corrected chi connectivity index (χ0v) is 28.6. The lowest BCUT2D eigenvalue weighted by Gasteiger charge is -2.73. The van der Waals surface area contributed by atoms with Crippen LogP contribution >= 0.6 is 0 Å². The Morgan fingerprint density at radius 2 is 1.70 bits per heavy atom. The van der Waals surface area contributed by atoms with Gasteiger partial charge in [-0.2, -0.15) is 4.57 Å². The maximum Gasteiger partial charge on any atom is 0.372 e. The van der Waals surface area contributed by atoms with Crippen LogP contribution in [0.1, 0.15) is 117 Å². The fourth-order valence-corrected chi connectivity index (χ4v) is 13.0. The summed E-state index contributed by atoms with van der Waals surface area (Å²) in [5, 5.41) is 10.8. The van der Waals surface area contributed by atoms with E-state index in [0.717, 1.165) is 18.5 Å². The first-order valence-corrected chi connectivity index (χ1v) is 17.6. The van der Waals surface area contributed by atoms with Crippen LogP contribution < -0.4 is 4.57 Å². The number of aliphatic hydroxyl groups is 1. The van der Waals surface area contributed by atoms with Gasteiger partial charge < -0.3 is 9.84 Å². The number of carbonyl (C=O) groups excluding carboxylic acids is 1. The molecule has 10 atom stereocenters. The van der Waals surface area contributed by atoms with Gasteiger partial charge in [0.2, 0.25) is 6.54 Å². The van der Waals surface area contributed by atoms with E-state index in [1.807, 2.05) is 10.8 Å². The van der Waals surface area contributed by atoms with Crippen molar-refractivity contribution in [3.8, 4) is 0 Å². The second-order valence-corrected chi connectivity index (χ2v) is 17.5. The molecule has 0 aromatic carbocycles. The van der Waals surface area contributed by atoms with Gasteiger partial charge in [0.1, 0.15) is 6.10 Å². The van der Waals surface area contributed by atoms with E-state index in [9.17, 15) is 9.90 Å². The Morgan fingerprint density at radius 3 is 2.37 bits per heavy atom. The van der Waals surface area contributed by atoms with Gasteiger partial charge in [-0.3, -0.25) is 0 Å². The number of aromatic nitrogens is 1. The fraction of sp³-hybridized carbons (Fsp3) is 0.795. The van der Waals surface area contributed by atoms with Crippen LogP contribution in [-0.4, -0.2) is 23.8 Å². The summed E-state index contributed by atoms with van der Waals surface area (Å²) in [6.07, 6.45) is 14.0. The minimum Gasteiger partial charge on any atom is -0.457 e. The quantitative estimate of drug-likeness (QED) is 0.214. The molecule has 238 valence electrons. The lowest BCUT2D eigenvalue weighted by molar-refractivity contribution is -0.692. The van der Waals surface area contributed by atoms with E-state index < -0.39 is 0 Å². The number of rotatable bonds is 5. The van der Waals surface area contributed by atoms with Crippen LogP contribution in [0.3, 0.4) is 0 Å². The molecular weight excluding hydrogens is 530 g/mol. The van der Waals surface area contributed by atoms with Gasteiger partial charge in [-0.15, -0.1) is 0 Å². The Labute approximate surface area is 262 Å². The number of aliphatic hydroxyl groups excluding tert-OH is 1. The van der Waals surface area contributed by atoms with E-state index in [1.54, 1.807) is 0 Å². The molecule has 0 saturated heterocycles. The molecule has 0 spiro atoms. The van der Waals surface area contributed by atoms with Crippen molar-refractivity contribution in [3.05, 3.63) is 41.7 Å². The van der Waals surface area contributed by atoms with Gasteiger partial charge in [-0.1, -0.05) is 46.8 Å². The van der Waals surface area contributed by atoms with Crippen molar-refractivity contribution in [2.75, 3.05) is 6.61 Å². The summed E-state index contributed by atoms with van der Waals surface area (Å²) in [6, 6.07) is 4.19. The monoisotopic (exact) mass is 590 g/mol. The number of nitrogens with zero attached hydrogens (tertiary/aromatic N) is 1. The topological polar surface area (TPSA) is 50.4 Å². The van der Waals surface area contributed by atoms with Crippen molar-refractivity contribution >= 4 is 5.97 Å². The smallest absolute Gasteiger partial charge is 0.372 e. The highest BCUT2D eigenvalue weighted by Gasteiger charge is 2.71. The summed E-state index contributed by atoms with van der Waals surface area (Å²) >= 11 is 0. The van der Waals surface area contributed by atoms with E-state index >= 15 is 0 Å². The van der Waals surface area contributed by atoms with Crippen LogP contribution in [0.5, 0.6) is 0 Å². The second-order valence-electron chi connectivity index (χ2n) is 17.5. The third-order valence-corrected chi connectivity index (χ3v) is 15.5. The van der Waals surface area contributed by atoms with Gasteiger partial charge in [0.05, 0.1) is 0 Å². The normalized spacial score (nSPS) is 44.9. The average Bonchev–Trinajstić information content (AvgIpc) is 3.33. The summed E-state index contributed by atoms with van der Waals surface area (Å²) in [7, 11) is 0. The molecule has 5 aliphatic rings. The maximum absolute atomic E-state index is 13.3. The molecule has 43 heavy (non-hydrogen) atoms. The van der Waals surface area contributed by atoms with Crippen molar-refractivity contribution in [1.29, 1.82) is 0 Å². The first-order chi connectivity index (χ1) is 20.1. The van der Waals surface area contributed by atoms with Gasteiger partial charge >= 0.3 is 5.97 Å². The lowest BCUT2D eigenvalue weighted by Crippen LogP contribution is -2.67. The van der Waals surface area contributed by atoms with Gasteiger partial charge in [0.25, 0.3) is 0 Å². The Balaban J connectivity index is 1.24. The number of ether oxygens (including phenoxy) is 1. The molecule has 1 heterocycles. The highest BCUT2D eigenvalue weighted by Crippen LogP contribution is 2.77. The number of aryl methyl sites for hydroxylation is 2. The summed E-state index contributed by atoms with van der Waals surface area (Å²) in [5.74, 6) is 2.95. The third kappa shape index (κ3) is 4.45. The Morgan fingerprint density at radius 1 is 0.953 bits per heavy atom. The molecule has 0 bridgehead atoms. The first kappa shape index (κ1) is 31.3. The first-order valence-electron chi connectivity index (χ1n) is 17.6. The Hall–Kier alpha value is -1.68. The number of esters is 1. The molecule has 4 nitrogen and oxygen atoms in total. The zero-order chi connectivity index (χ0) is 31.2. The third-order valence-electron chi connectivity index (χ3n) is 15.5. The predicted octanol–water partition coefficient (Wildman–Crippen LogP) is 8.15. The minimum absolute atomic E-state index is 0.0321. The molecule has 5 fully saturated rings. The Kier molecular flexibility index (Phi) is 7.59. The van der Waals surface area contributed by atoms with Crippen molar-refractivity contribution < 1.29 is 19.2 Å². The summed E-state index contributed by atoms with van der Waals surface area (Å²) in [6.45, 7) is 24.3. The van der Waals surface area contributed by atoms with Crippen LogP contribution in [0.4, 0.5) is 0 Å².